The Hall–Kier alpha value is -2.13. The quantitative estimate of drug-likeness (QED) is 0.348. The van der Waals surface area contributed by atoms with Crippen molar-refractivity contribution in [3.05, 3.63) is 74.8 Å². The Kier molecular flexibility index (Phi) is 6.56. The highest BCUT2D eigenvalue weighted by Crippen LogP contribution is 2.47. The average Bonchev–Trinajstić information content (AvgIpc) is 2.98. The van der Waals surface area contributed by atoms with E-state index in [2.05, 4.69) is 0 Å². The first kappa shape index (κ1) is 20.6. The lowest BCUT2D eigenvalue weighted by atomic mass is 10.0. The van der Waals surface area contributed by atoms with E-state index in [0.29, 0.717) is 10.6 Å². The molecule has 7 nitrogen and oxygen atoms in total. The number of rotatable bonds is 7. The summed E-state index contributed by atoms with van der Waals surface area (Å²) >= 11 is 7.16. The third-order valence-corrected chi connectivity index (χ3v) is 6.06. The smallest absolute Gasteiger partial charge is 0.284 e. The molecule has 2 aromatic rings. The minimum atomic E-state index is -0.799. The molecular formula is C19H19ClN2O5S. The van der Waals surface area contributed by atoms with Gasteiger partial charge in [-0.05, 0) is 24.6 Å². The highest BCUT2D eigenvalue weighted by Gasteiger charge is 2.43. The van der Waals surface area contributed by atoms with Gasteiger partial charge >= 0.3 is 0 Å². The first-order valence-electron chi connectivity index (χ1n) is 8.51. The van der Waals surface area contributed by atoms with Gasteiger partial charge in [0, 0.05) is 35.9 Å². The van der Waals surface area contributed by atoms with Crippen molar-refractivity contribution >= 4 is 34.3 Å². The second-order valence-corrected chi connectivity index (χ2v) is 7.81. The zero-order valence-electron chi connectivity index (χ0n) is 15.3. The molecule has 1 saturated heterocycles. The number of amides is 1. The standard InChI is InChI=1S/C19H19ClN2O5S/c1-12-17(13-6-8-15(20)9-7-13)28-19(23)21(12)18(27-11-26-2)14-4-3-5-16(10-14)22(24)25/h3-10,12,17-18H,11H2,1-2H3/t12-,17+,18?/m1/s1. The molecule has 2 aromatic carbocycles. The van der Waals surface area contributed by atoms with Crippen molar-refractivity contribution in [1.29, 1.82) is 0 Å². The predicted octanol–water partition coefficient (Wildman–Crippen LogP) is 5.17. The number of non-ortho nitro benzene ring substituents is 1. The first-order chi connectivity index (χ1) is 13.4. The SMILES string of the molecule is COCOC(c1cccc([N+](=O)[O-])c1)N1C(=O)S[C@H](c2ccc(Cl)cc2)[C@H]1C. The monoisotopic (exact) mass is 422 g/mol. The molecule has 0 bridgehead atoms. The van der Waals surface area contributed by atoms with E-state index < -0.39 is 11.2 Å². The summed E-state index contributed by atoms with van der Waals surface area (Å²) in [5, 5.41) is 11.5. The number of methoxy groups -OCH3 is 1. The molecule has 0 N–H and O–H groups in total. The molecule has 3 rings (SSSR count). The Bertz CT molecular complexity index is 864. The lowest BCUT2D eigenvalue weighted by Gasteiger charge is -2.32. The predicted molar refractivity (Wildman–Crippen MR) is 107 cm³/mol. The molecule has 148 valence electrons. The number of nitrogens with zero attached hydrogens (tertiary/aromatic N) is 2. The number of thioether (sulfide) groups is 1. The lowest BCUT2D eigenvalue weighted by molar-refractivity contribution is -0.385. The van der Waals surface area contributed by atoms with Crippen LogP contribution in [0.3, 0.4) is 0 Å². The number of nitro groups is 1. The summed E-state index contributed by atoms with van der Waals surface area (Å²) in [4.78, 5) is 25.1. The van der Waals surface area contributed by atoms with E-state index >= 15 is 0 Å². The molecule has 0 radical (unpaired) electrons. The molecule has 28 heavy (non-hydrogen) atoms. The van der Waals surface area contributed by atoms with Crippen molar-refractivity contribution in [2.75, 3.05) is 13.9 Å². The summed E-state index contributed by atoms with van der Waals surface area (Å²) in [6.07, 6.45) is -0.799. The van der Waals surface area contributed by atoms with Crippen LogP contribution in [0.4, 0.5) is 10.5 Å². The second kappa shape index (κ2) is 8.91. The number of halogens is 1. The molecule has 1 amide bonds. The van der Waals surface area contributed by atoms with Gasteiger partial charge in [-0.25, -0.2) is 0 Å². The number of benzene rings is 2. The number of ether oxygens (including phenoxy) is 2. The molecule has 1 aliphatic heterocycles. The molecule has 0 aliphatic carbocycles. The van der Waals surface area contributed by atoms with Crippen LogP contribution in [0, 0.1) is 10.1 Å². The van der Waals surface area contributed by atoms with Gasteiger partial charge in [0.25, 0.3) is 10.9 Å². The summed E-state index contributed by atoms with van der Waals surface area (Å²) in [6.45, 7) is 1.87. The summed E-state index contributed by atoms with van der Waals surface area (Å²) in [6, 6.07) is 13.3. The van der Waals surface area contributed by atoms with Crippen LogP contribution in [0.1, 0.15) is 29.5 Å². The summed E-state index contributed by atoms with van der Waals surface area (Å²) in [7, 11) is 1.48. The molecule has 1 fully saturated rings. The van der Waals surface area contributed by atoms with Crippen LogP contribution in [0.15, 0.2) is 48.5 Å². The largest absolute Gasteiger partial charge is 0.359 e. The fourth-order valence-corrected chi connectivity index (χ4v) is 4.50. The Balaban J connectivity index is 1.93. The zero-order valence-corrected chi connectivity index (χ0v) is 16.9. The maximum atomic E-state index is 12.8. The van der Waals surface area contributed by atoms with Gasteiger partial charge in [0.15, 0.2) is 6.23 Å². The van der Waals surface area contributed by atoms with Gasteiger partial charge in [-0.15, -0.1) is 0 Å². The molecule has 3 atom stereocenters. The third-order valence-electron chi connectivity index (χ3n) is 4.48. The third kappa shape index (κ3) is 4.30. The number of hydrogen-bond acceptors (Lipinski definition) is 6. The second-order valence-electron chi connectivity index (χ2n) is 6.28. The Labute approximate surface area is 171 Å². The van der Waals surface area contributed by atoms with Crippen molar-refractivity contribution in [2.45, 2.75) is 24.4 Å². The van der Waals surface area contributed by atoms with Crippen molar-refractivity contribution in [3.8, 4) is 0 Å². The van der Waals surface area contributed by atoms with E-state index in [-0.39, 0.29) is 29.0 Å². The summed E-state index contributed by atoms with van der Waals surface area (Å²) in [5.74, 6) is 0. The minimum absolute atomic E-state index is 0.0554. The van der Waals surface area contributed by atoms with Crippen molar-refractivity contribution in [3.63, 3.8) is 0 Å². The summed E-state index contributed by atoms with van der Waals surface area (Å²) < 4.78 is 10.8. The molecule has 9 heteroatoms. The Morgan fingerprint density at radius 3 is 2.64 bits per heavy atom. The molecule has 0 spiro atoms. The number of carbonyl (C=O) groups is 1. The van der Waals surface area contributed by atoms with E-state index in [9.17, 15) is 14.9 Å². The Morgan fingerprint density at radius 1 is 1.29 bits per heavy atom. The lowest BCUT2D eigenvalue weighted by Crippen LogP contribution is -2.37. The van der Waals surface area contributed by atoms with Crippen LogP contribution in [0.25, 0.3) is 0 Å². The normalized spacial score (nSPS) is 20.4. The van der Waals surface area contributed by atoms with Crippen LogP contribution in [0.2, 0.25) is 5.02 Å². The van der Waals surface area contributed by atoms with Gasteiger partial charge in [-0.2, -0.15) is 0 Å². The van der Waals surface area contributed by atoms with E-state index in [1.54, 1.807) is 29.2 Å². The fraction of sp³-hybridized carbons (Fsp3) is 0.316. The fourth-order valence-electron chi connectivity index (χ4n) is 3.15. The topological polar surface area (TPSA) is 81.9 Å². The van der Waals surface area contributed by atoms with Crippen LogP contribution in [-0.4, -0.2) is 35.0 Å². The Morgan fingerprint density at radius 2 is 2.00 bits per heavy atom. The number of nitro benzene ring substituents is 1. The van der Waals surface area contributed by atoms with Gasteiger partial charge in [0.05, 0.1) is 10.2 Å². The van der Waals surface area contributed by atoms with E-state index in [1.807, 2.05) is 19.1 Å². The minimum Gasteiger partial charge on any atom is -0.359 e. The van der Waals surface area contributed by atoms with Gasteiger partial charge in [0.2, 0.25) is 0 Å². The van der Waals surface area contributed by atoms with Crippen LogP contribution in [0.5, 0.6) is 0 Å². The highest BCUT2D eigenvalue weighted by atomic mass is 35.5. The summed E-state index contributed by atoms with van der Waals surface area (Å²) in [5.41, 5.74) is 1.43. The zero-order chi connectivity index (χ0) is 20.3. The molecule has 1 heterocycles. The maximum absolute atomic E-state index is 12.8. The van der Waals surface area contributed by atoms with Crippen LogP contribution >= 0.6 is 23.4 Å². The highest BCUT2D eigenvalue weighted by molar-refractivity contribution is 8.14. The van der Waals surface area contributed by atoms with E-state index in [0.717, 1.165) is 5.56 Å². The number of hydrogen-bond donors (Lipinski definition) is 0. The van der Waals surface area contributed by atoms with Crippen LogP contribution in [-0.2, 0) is 9.47 Å². The molecule has 0 saturated carbocycles. The van der Waals surface area contributed by atoms with E-state index in [4.69, 9.17) is 21.1 Å². The first-order valence-corrected chi connectivity index (χ1v) is 9.77. The van der Waals surface area contributed by atoms with Crippen molar-refractivity contribution in [1.82, 2.24) is 4.90 Å². The van der Waals surface area contributed by atoms with Gasteiger partial charge in [0.1, 0.15) is 6.79 Å². The maximum Gasteiger partial charge on any atom is 0.284 e. The molecule has 0 aromatic heterocycles. The molecule has 1 unspecified atom stereocenters. The van der Waals surface area contributed by atoms with Gasteiger partial charge in [-0.3, -0.25) is 19.8 Å². The number of carbonyl (C=O) groups excluding carboxylic acids is 1. The van der Waals surface area contributed by atoms with Crippen molar-refractivity contribution < 1.29 is 19.2 Å². The average molecular weight is 423 g/mol. The van der Waals surface area contributed by atoms with Crippen molar-refractivity contribution in [2.24, 2.45) is 0 Å². The van der Waals surface area contributed by atoms with Gasteiger partial charge < -0.3 is 9.47 Å². The molecular weight excluding hydrogens is 404 g/mol. The van der Waals surface area contributed by atoms with E-state index in [1.165, 1.54) is 31.0 Å². The van der Waals surface area contributed by atoms with Crippen LogP contribution < -0.4 is 0 Å². The van der Waals surface area contributed by atoms with Gasteiger partial charge in [-0.1, -0.05) is 47.6 Å². The molecule has 1 aliphatic rings.